The number of benzene rings is 1. The maximum Gasteiger partial charge on any atom is 0.276 e. The third-order valence-corrected chi connectivity index (χ3v) is 4.03. The molecule has 0 radical (unpaired) electrons. The van der Waals surface area contributed by atoms with Crippen LogP contribution < -0.4 is 0 Å². The van der Waals surface area contributed by atoms with Crippen molar-refractivity contribution in [1.82, 2.24) is 10.2 Å². The molecule has 0 unspecified atom stereocenters. The van der Waals surface area contributed by atoms with Crippen LogP contribution in [0.15, 0.2) is 33.9 Å². The predicted octanol–water partition coefficient (Wildman–Crippen LogP) is 2.88. The summed E-state index contributed by atoms with van der Waals surface area (Å²) < 4.78 is 11.2. The van der Waals surface area contributed by atoms with Crippen LogP contribution in [0.25, 0.3) is 11.5 Å². The molecule has 1 fully saturated rings. The summed E-state index contributed by atoms with van der Waals surface area (Å²) in [7, 11) is 0. The minimum absolute atomic E-state index is 0.297. The fourth-order valence-corrected chi connectivity index (χ4v) is 2.84. The largest absolute Gasteiger partial charge is 0.411 e. The van der Waals surface area contributed by atoms with E-state index in [1.807, 2.05) is 0 Å². The first kappa shape index (κ1) is 13.2. The number of hydrogen-bond acceptors (Lipinski definition) is 6. The molecule has 2 aromatic rings. The van der Waals surface area contributed by atoms with Crippen LogP contribution in [0.2, 0.25) is 0 Å². The van der Waals surface area contributed by atoms with Gasteiger partial charge < -0.3 is 9.15 Å². The molecule has 1 aromatic carbocycles. The molecule has 1 saturated heterocycles. The summed E-state index contributed by atoms with van der Waals surface area (Å²) in [6, 6.07) is 9.16. The lowest BCUT2D eigenvalue weighted by Crippen LogP contribution is -2.07. The molecular formula is C14H13N3O2S. The van der Waals surface area contributed by atoms with Gasteiger partial charge in [-0.1, -0.05) is 11.8 Å². The molecule has 0 bridgehead atoms. The van der Waals surface area contributed by atoms with E-state index in [1.54, 1.807) is 24.3 Å². The van der Waals surface area contributed by atoms with Gasteiger partial charge in [0.05, 0.1) is 17.7 Å². The topological polar surface area (TPSA) is 71.9 Å². The zero-order chi connectivity index (χ0) is 13.8. The smallest absolute Gasteiger partial charge is 0.276 e. The van der Waals surface area contributed by atoms with Crippen LogP contribution in [0.5, 0.6) is 0 Å². The first-order chi connectivity index (χ1) is 9.85. The van der Waals surface area contributed by atoms with Crippen molar-refractivity contribution in [3.63, 3.8) is 0 Å². The van der Waals surface area contributed by atoms with Crippen LogP contribution in [0.4, 0.5) is 0 Å². The Labute approximate surface area is 121 Å². The average Bonchev–Trinajstić information content (AvgIpc) is 3.17. The van der Waals surface area contributed by atoms with E-state index in [9.17, 15) is 0 Å². The zero-order valence-corrected chi connectivity index (χ0v) is 11.6. The van der Waals surface area contributed by atoms with Crippen molar-refractivity contribution >= 4 is 11.8 Å². The van der Waals surface area contributed by atoms with Crippen LogP contribution in [-0.4, -0.2) is 28.7 Å². The van der Waals surface area contributed by atoms with Crippen molar-refractivity contribution < 1.29 is 9.15 Å². The van der Waals surface area contributed by atoms with Crippen LogP contribution >= 0.6 is 11.8 Å². The highest BCUT2D eigenvalue weighted by atomic mass is 32.2. The highest BCUT2D eigenvalue weighted by molar-refractivity contribution is 7.99. The van der Waals surface area contributed by atoms with Crippen molar-refractivity contribution in [3.05, 3.63) is 29.8 Å². The van der Waals surface area contributed by atoms with E-state index < -0.39 is 0 Å². The fourth-order valence-electron chi connectivity index (χ4n) is 2.01. The van der Waals surface area contributed by atoms with E-state index in [4.69, 9.17) is 14.4 Å². The lowest BCUT2D eigenvalue weighted by molar-refractivity contribution is 0.128. The minimum atomic E-state index is 0.297. The van der Waals surface area contributed by atoms with Gasteiger partial charge in [0, 0.05) is 17.9 Å². The van der Waals surface area contributed by atoms with E-state index in [1.165, 1.54) is 11.8 Å². The molecule has 0 amide bonds. The van der Waals surface area contributed by atoms with Gasteiger partial charge in [0.2, 0.25) is 5.89 Å². The lowest BCUT2D eigenvalue weighted by Gasteiger charge is -2.05. The molecule has 2 heterocycles. The maximum absolute atomic E-state index is 8.76. The zero-order valence-electron chi connectivity index (χ0n) is 10.8. The summed E-state index contributed by atoms with van der Waals surface area (Å²) in [6.45, 7) is 0.853. The van der Waals surface area contributed by atoms with Crippen LogP contribution in [0.1, 0.15) is 18.4 Å². The molecule has 1 aromatic heterocycles. The summed E-state index contributed by atoms with van der Waals surface area (Å²) in [5.41, 5.74) is 1.43. The highest BCUT2D eigenvalue weighted by Crippen LogP contribution is 2.26. The van der Waals surface area contributed by atoms with Crippen LogP contribution in [0, 0.1) is 11.3 Å². The van der Waals surface area contributed by atoms with Crippen LogP contribution in [0.3, 0.4) is 0 Å². The molecule has 3 rings (SSSR count). The van der Waals surface area contributed by atoms with Crippen molar-refractivity contribution in [2.45, 2.75) is 24.2 Å². The Bertz CT molecular complexity index is 612. The van der Waals surface area contributed by atoms with E-state index in [0.29, 0.717) is 22.8 Å². The van der Waals surface area contributed by atoms with Gasteiger partial charge in [-0.05, 0) is 37.1 Å². The number of aromatic nitrogens is 2. The molecule has 5 nitrogen and oxygen atoms in total. The van der Waals surface area contributed by atoms with E-state index in [-0.39, 0.29) is 0 Å². The van der Waals surface area contributed by atoms with Gasteiger partial charge in [-0.2, -0.15) is 5.26 Å². The first-order valence-corrected chi connectivity index (χ1v) is 7.42. The molecule has 102 valence electrons. The van der Waals surface area contributed by atoms with Gasteiger partial charge in [0.1, 0.15) is 0 Å². The molecule has 20 heavy (non-hydrogen) atoms. The number of rotatable bonds is 4. The number of nitrogens with zero attached hydrogens (tertiary/aromatic N) is 3. The second-order valence-corrected chi connectivity index (χ2v) is 5.48. The second-order valence-electron chi connectivity index (χ2n) is 4.51. The Morgan fingerprint density at radius 1 is 1.30 bits per heavy atom. The Kier molecular flexibility index (Phi) is 4.00. The SMILES string of the molecule is N#Cc1ccc(-c2nnc(SC[C@H]3CCCO3)o2)cc1. The average molecular weight is 287 g/mol. The monoisotopic (exact) mass is 287 g/mol. The molecule has 1 aliphatic heterocycles. The quantitative estimate of drug-likeness (QED) is 0.805. The minimum Gasteiger partial charge on any atom is -0.411 e. The summed E-state index contributed by atoms with van der Waals surface area (Å²) in [5.74, 6) is 1.32. The molecule has 1 aliphatic rings. The van der Waals surface area contributed by atoms with Gasteiger partial charge in [0.25, 0.3) is 5.22 Å². The van der Waals surface area contributed by atoms with Crippen LogP contribution in [-0.2, 0) is 4.74 Å². The number of thioether (sulfide) groups is 1. The Morgan fingerprint density at radius 3 is 2.85 bits per heavy atom. The Hall–Kier alpha value is -1.84. The molecule has 0 saturated carbocycles. The number of hydrogen-bond donors (Lipinski definition) is 0. The maximum atomic E-state index is 8.76. The normalized spacial score (nSPS) is 18.1. The molecule has 0 N–H and O–H groups in total. The standard InChI is InChI=1S/C14H13N3O2S/c15-8-10-3-5-11(6-4-10)13-16-17-14(19-13)20-9-12-2-1-7-18-12/h3-6,12H,1-2,7,9H2/t12-/m1/s1. The number of ether oxygens (including phenoxy) is 1. The van der Waals surface area contributed by atoms with Gasteiger partial charge >= 0.3 is 0 Å². The predicted molar refractivity (Wildman–Crippen MR) is 74.1 cm³/mol. The number of nitriles is 1. The van der Waals surface area contributed by atoms with Gasteiger partial charge in [-0.25, -0.2) is 0 Å². The second kappa shape index (κ2) is 6.07. The molecule has 0 spiro atoms. The Balaban J connectivity index is 1.64. The van der Waals surface area contributed by atoms with Crippen molar-refractivity contribution in [2.75, 3.05) is 12.4 Å². The summed E-state index contributed by atoms with van der Waals surface area (Å²) in [5, 5.41) is 17.4. The van der Waals surface area contributed by atoms with E-state index >= 15 is 0 Å². The summed E-state index contributed by atoms with van der Waals surface area (Å²) in [4.78, 5) is 0. The Morgan fingerprint density at radius 2 is 2.15 bits per heavy atom. The molecule has 1 atom stereocenters. The van der Waals surface area contributed by atoms with Gasteiger partial charge in [-0.15, -0.1) is 10.2 Å². The van der Waals surface area contributed by atoms with Crippen molar-refractivity contribution in [1.29, 1.82) is 5.26 Å². The summed E-state index contributed by atoms with van der Waals surface area (Å²) >= 11 is 1.52. The molecular weight excluding hydrogens is 274 g/mol. The molecule has 0 aliphatic carbocycles. The lowest BCUT2D eigenvalue weighted by atomic mass is 10.1. The molecule has 6 heteroatoms. The third-order valence-electron chi connectivity index (χ3n) is 3.08. The first-order valence-electron chi connectivity index (χ1n) is 6.43. The van der Waals surface area contributed by atoms with Crippen molar-refractivity contribution in [3.8, 4) is 17.5 Å². The highest BCUT2D eigenvalue weighted by Gasteiger charge is 2.17. The fraction of sp³-hybridized carbons (Fsp3) is 0.357. The van der Waals surface area contributed by atoms with E-state index in [0.717, 1.165) is 30.8 Å². The third kappa shape index (κ3) is 3.00. The van der Waals surface area contributed by atoms with Crippen molar-refractivity contribution in [2.24, 2.45) is 0 Å². The van der Waals surface area contributed by atoms with Gasteiger partial charge in [-0.3, -0.25) is 0 Å². The van der Waals surface area contributed by atoms with E-state index in [2.05, 4.69) is 16.3 Å². The summed E-state index contributed by atoms with van der Waals surface area (Å²) in [6.07, 6.45) is 2.53. The van der Waals surface area contributed by atoms with Gasteiger partial charge in [0.15, 0.2) is 0 Å².